The van der Waals surface area contributed by atoms with Crippen molar-refractivity contribution in [3.63, 3.8) is 0 Å². The zero-order valence-corrected chi connectivity index (χ0v) is 12.8. The van der Waals surface area contributed by atoms with E-state index in [0.29, 0.717) is 19.5 Å². The summed E-state index contributed by atoms with van der Waals surface area (Å²) in [4.78, 5) is 24.0. The van der Waals surface area contributed by atoms with Gasteiger partial charge in [0.2, 0.25) is 5.91 Å². The van der Waals surface area contributed by atoms with E-state index in [0.717, 1.165) is 37.2 Å². The van der Waals surface area contributed by atoms with Crippen molar-refractivity contribution >= 4 is 17.3 Å². The normalized spacial score (nSPS) is 14.1. The molecule has 1 aliphatic rings. The molecule has 2 rings (SSSR count). The molecule has 1 heterocycles. The average molecular weight is 306 g/mol. The molecule has 7 heteroatoms. The van der Waals surface area contributed by atoms with Crippen LogP contribution in [0.1, 0.15) is 24.8 Å². The molecule has 1 aromatic carbocycles. The molecule has 1 amide bonds. The monoisotopic (exact) mass is 306 g/mol. The highest BCUT2D eigenvalue weighted by molar-refractivity contribution is 5.75. The number of benzene rings is 1. The smallest absolute Gasteiger partial charge is 0.269 e. The molecular formula is C15H22N4O3. The van der Waals surface area contributed by atoms with E-state index in [2.05, 4.69) is 15.5 Å². The Morgan fingerprint density at radius 3 is 2.73 bits per heavy atom. The standard InChI is InChI=1S/C15H22N4O3/c1-16-15(20)6-7-17-11-12-10-13(19(21)22)4-5-14(12)18-8-2-3-9-18/h4-5,10,17H,2-3,6-9,11H2,1H3,(H,16,20). The fourth-order valence-electron chi connectivity index (χ4n) is 2.64. The Morgan fingerprint density at radius 2 is 2.09 bits per heavy atom. The Morgan fingerprint density at radius 1 is 1.36 bits per heavy atom. The molecule has 0 saturated carbocycles. The first-order valence-electron chi connectivity index (χ1n) is 7.55. The van der Waals surface area contributed by atoms with E-state index in [1.54, 1.807) is 19.2 Å². The second-order valence-electron chi connectivity index (χ2n) is 5.36. The van der Waals surface area contributed by atoms with Crippen LogP contribution < -0.4 is 15.5 Å². The number of anilines is 1. The molecule has 0 radical (unpaired) electrons. The summed E-state index contributed by atoms with van der Waals surface area (Å²) in [6, 6.07) is 5.02. The van der Waals surface area contributed by atoms with Gasteiger partial charge in [0.05, 0.1) is 4.92 Å². The number of nitrogens with zero attached hydrogens (tertiary/aromatic N) is 2. The van der Waals surface area contributed by atoms with E-state index in [9.17, 15) is 14.9 Å². The van der Waals surface area contributed by atoms with Gasteiger partial charge in [-0.15, -0.1) is 0 Å². The van der Waals surface area contributed by atoms with Crippen molar-refractivity contribution < 1.29 is 9.72 Å². The summed E-state index contributed by atoms with van der Waals surface area (Å²) in [5.41, 5.74) is 2.06. The number of carbonyl (C=O) groups is 1. The van der Waals surface area contributed by atoms with Crippen LogP contribution >= 0.6 is 0 Å². The predicted octanol–water partition coefficient (Wildman–Crippen LogP) is 1.42. The maximum absolute atomic E-state index is 11.2. The van der Waals surface area contributed by atoms with E-state index < -0.39 is 0 Å². The molecule has 1 saturated heterocycles. The number of nitrogens with one attached hydrogen (secondary N) is 2. The highest BCUT2D eigenvalue weighted by atomic mass is 16.6. The van der Waals surface area contributed by atoms with Crippen LogP contribution in [-0.2, 0) is 11.3 Å². The van der Waals surface area contributed by atoms with Crippen molar-refractivity contribution in [1.29, 1.82) is 0 Å². The highest BCUT2D eigenvalue weighted by Gasteiger charge is 2.18. The third-order valence-electron chi connectivity index (χ3n) is 3.84. The molecule has 2 N–H and O–H groups in total. The Balaban J connectivity index is 2.06. The highest BCUT2D eigenvalue weighted by Crippen LogP contribution is 2.28. The Labute approximate surface area is 129 Å². The molecule has 0 bridgehead atoms. The lowest BCUT2D eigenvalue weighted by atomic mass is 10.1. The second kappa shape index (κ2) is 7.74. The third kappa shape index (κ3) is 4.17. The van der Waals surface area contributed by atoms with Gasteiger partial charge in [0, 0.05) is 57.5 Å². The molecule has 7 nitrogen and oxygen atoms in total. The lowest BCUT2D eigenvalue weighted by Crippen LogP contribution is -2.26. The minimum absolute atomic E-state index is 0.0219. The van der Waals surface area contributed by atoms with Crippen LogP contribution in [0.4, 0.5) is 11.4 Å². The van der Waals surface area contributed by atoms with Crippen molar-refractivity contribution in [2.75, 3.05) is 31.6 Å². The van der Waals surface area contributed by atoms with Crippen molar-refractivity contribution in [3.8, 4) is 0 Å². The number of amides is 1. The fraction of sp³-hybridized carbons (Fsp3) is 0.533. The SMILES string of the molecule is CNC(=O)CCNCc1cc([N+](=O)[O-])ccc1N1CCCC1. The predicted molar refractivity (Wildman–Crippen MR) is 84.9 cm³/mol. The molecule has 1 aromatic rings. The average Bonchev–Trinajstić information content (AvgIpc) is 3.05. The number of non-ortho nitro benzene ring substituents is 1. The number of nitro groups is 1. The van der Waals surface area contributed by atoms with Crippen LogP contribution in [-0.4, -0.2) is 37.5 Å². The van der Waals surface area contributed by atoms with Gasteiger partial charge in [0.1, 0.15) is 0 Å². The zero-order valence-electron chi connectivity index (χ0n) is 12.8. The topological polar surface area (TPSA) is 87.5 Å². The zero-order chi connectivity index (χ0) is 15.9. The molecule has 0 aliphatic carbocycles. The largest absolute Gasteiger partial charge is 0.371 e. The van der Waals surface area contributed by atoms with Crippen LogP contribution in [0, 0.1) is 10.1 Å². The maximum Gasteiger partial charge on any atom is 0.269 e. The van der Waals surface area contributed by atoms with Gasteiger partial charge >= 0.3 is 0 Å². The first-order chi connectivity index (χ1) is 10.6. The molecule has 120 valence electrons. The first kappa shape index (κ1) is 16.2. The summed E-state index contributed by atoms with van der Waals surface area (Å²) >= 11 is 0. The van der Waals surface area contributed by atoms with Crippen LogP contribution in [0.3, 0.4) is 0 Å². The molecule has 1 aliphatic heterocycles. The number of hydrogen-bond acceptors (Lipinski definition) is 5. The summed E-state index contributed by atoms with van der Waals surface area (Å²) in [6.07, 6.45) is 2.70. The molecule has 0 spiro atoms. The molecule has 22 heavy (non-hydrogen) atoms. The Hall–Kier alpha value is -2.15. The van der Waals surface area contributed by atoms with Crippen molar-refractivity contribution in [1.82, 2.24) is 10.6 Å². The summed E-state index contributed by atoms with van der Waals surface area (Å²) in [5, 5.41) is 16.7. The van der Waals surface area contributed by atoms with E-state index in [1.165, 1.54) is 0 Å². The van der Waals surface area contributed by atoms with Gasteiger partial charge in [-0.1, -0.05) is 0 Å². The van der Waals surface area contributed by atoms with Crippen LogP contribution in [0.5, 0.6) is 0 Å². The molecule has 0 aromatic heterocycles. The van der Waals surface area contributed by atoms with Gasteiger partial charge < -0.3 is 15.5 Å². The number of rotatable bonds is 7. The van der Waals surface area contributed by atoms with E-state index in [-0.39, 0.29) is 16.5 Å². The van der Waals surface area contributed by atoms with Crippen molar-refractivity contribution in [2.45, 2.75) is 25.8 Å². The van der Waals surface area contributed by atoms with Crippen LogP contribution in [0.25, 0.3) is 0 Å². The second-order valence-corrected chi connectivity index (χ2v) is 5.36. The van der Waals surface area contributed by atoms with E-state index >= 15 is 0 Å². The van der Waals surface area contributed by atoms with Crippen molar-refractivity contribution in [2.24, 2.45) is 0 Å². The van der Waals surface area contributed by atoms with Crippen LogP contribution in [0.15, 0.2) is 18.2 Å². The lowest BCUT2D eigenvalue weighted by molar-refractivity contribution is -0.384. The summed E-state index contributed by atoms with van der Waals surface area (Å²) < 4.78 is 0. The number of nitro benzene ring substituents is 1. The van der Waals surface area contributed by atoms with Gasteiger partial charge in [0.15, 0.2) is 0 Å². The van der Waals surface area contributed by atoms with E-state index in [4.69, 9.17) is 0 Å². The lowest BCUT2D eigenvalue weighted by Gasteiger charge is -2.21. The third-order valence-corrected chi connectivity index (χ3v) is 3.84. The molecule has 0 unspecified atom stereocenters. The Bertz CT molecular complexity index is 542. The van der Waals surface area contributed by atoms with Gasteiger partial charge in [0.25, 0.3) is 5.69 Å². The minimum Gasteiger partial charge on any atom is -0.371 e. The Kier molecular flexibility index (Phi) is 5.71. The molecule has 0 atom stereocenters. The summed E-state index contributed by atoms with van der Waals surface area (Å²) in [7, 11) is 1.61. The maximum atomic E-state index is 11.2. The fourth-order valence-corrected chi connectivity index (χ4v) is 2.64. The number of hydrogen-bond donors (Lipinski definition) is 2. The molecular weight excluding hydrogens is 284 g/mol. The molecule has 1 fully saturated rings. The van der Waals surface area contributed by atoms with Gasteiger partial charge in [-0.2, -0.15) is 0 Å². The van der Waals surface area contributed by atoms with Gasteiger partial charge in [-0.3, -0.25) is 14.9 Å². The van der Waals surface area contributed by atoms with Gasteiger partial charge in [-0.05, 0) is 24.5 Å². The van der Waals surface area contributed by atoms with Crippen molar-refractivity contribution in [3.05, 3.63) is 33.9 Å². The quantitative estimate of drug-likeness (QED) is 0.452. The van der Waals surface area contributed by atoms with Crippen LogP contribution in [0.2, 0.25) is 0 Å². The minimum atomic E-state index is -0.373. The first-order valence-corrected chi connectivity index (χ1v) is 7.55. The van der Waals surface area contributed by atoms with E-state index in [1.807, 2.05) is 6.07 Å². The summed E-state index contributed by atoms with van der Waals surface area (Å²) in [5.74, 6) is -0.0219. The number of carbonyl (C=O) groups excluding carboxylic acids is 1. The van der Waals surface area contributed by atoms with Gasteiger partial charge in [-0.25, -0.2) is 0 Å². The summed E-state index contributed by atoms with van der Waals surface area (Å²) in [6.45, 7) is 3.04.